The minimum Gasteiger partial charge on any atom is -0.298 e. The summed E-state index contributed by atoms with van der Waals surface area (Å²) in [6.07, 6.45) is 1.000. The van der Waals surface area contributed by atoms with Crippen molar-refractivity contribution in [2.45, 2.75) is 19.3 Å². The van der Waals surface area contributed by atoms with Crippen molar-refractivity contribution >= 4 is 17.3 Å². The summed E-state index contributed by atoms with van der Waals surface area (Å²) < 4.78 is 13.0. The molecule has 0 N–H and O–H groups in total. The molecule has 0 bridgehead atoms. The first-order chi connectivity index (χ1) is 8.09. The van der Waals surface area contributed by atoms with Gasteiger partial charge in [-0.1, -0.05) is 12.1 Å². The molecule has 0 unspecified atom stereocenters. The highest BCUT2D eigenvalue weighted by Crippen LogP contribution is 2.21. The first-order valence-electron chi connectivity index (χ1n) is 5.45. The number of halogens is 1. The third-order valence-corrected chi connectivity index (χ3v) is 2.86. The molecule has 1 aliphatic carbocycles. The quantitative estimate of drug-likeness (QED) is 0.580. The molecule has 4 heteroatoms. The summed E-state index contributed by atoms with van der Waals surface area (Å²) >= 11 is 0. The summed E-state index contributed by atoms with van der Waals surface area (Å²) in [7, 11) is 0. The first kappa shape index (κ1) is 11.6. The lowest BCUT2D eigenvalue weighted by Crippen LogP contribution is -2.35. The van der Waals surface area contributed by atoms with Gasteiger partial charge in [0.15, 0.2) is 17.3 Å². The molecule has 1 aliphatic rings. The van der Waals surface area contributed by atoms with Crippen molar-refractivity contribution in [1.82, 2.24) is 0 Å². The highest BCUT2D eigenvalue weighted by atomic mass is 19.1. The molecular formula is C13H11FO3. The van der Waals surface area contributed by atoms with Crippen molar-refractivity contribution in [3.05, 3.63) is 35.6 Å². The van der Waals surface area contributed by atoms with E-state index in [9.17, 15) is 18.8 Å². The summed E-state index contributed by atoms with van der Waals surface area (Å²) in [5.74, 6) is -3.05. The maximum atomic E-state index is 13.0. The largest absolute Gasteiger partial charge is 0.298 e. The van der Waals surface area contributed by atoms with Gasteiger partial charge in [0.05, 0.1) is 0 Å². The molecule has 2 rings (SSSR count). The molecule has 1 aromatic rings. The number of Topliss-reactive ketones (excluding diaryl/α,β-unsaturated/α-hetero) is 3. The standard InChI is InChI=1S/C13H11FO3/c14-9-4-1-3-8(7-9)13(17)12-10(15)5-2-6-11(12)16/h1,3-4,7,12H,2,5-6H2. The second kappa shape index (κ2) is 4.57. The number of hydrogen-bond donors (Lipinski definition) is 0. The molecule has 0 heterocycles. The number of hydrogen-bond acceptors (Lipinski definition) is 3. The van der Waals surface area contributed by atoms with Gasteiger partial charge >= 0.3 is 0 Å². The maximum Gasteiger partial charge on any atom is 0.180 e. The number of benzene rings is 1. The Morgan fingerprint density at radius 1 is 1.18 bits per heavy atom. The molecule has 0 aromatic heterocycles. The molecule has 17 heavy (non-hydrogen) atoms. The molecule has 0 amide bonds. The van der Waals surface area contributed by atoms with Crippen LogP contribution in [0.1, 0.15) is 29.6 Å². The van der Waals surface area contributed by atoms with E-state index in [4.69, 9.17) is 0 Å². The van der Waals surface area contributed by atoms with Crippen molar-refractivity contribution in [2.24, 2.45) is 5.92 Å². The van der Waals surface area contributed by atoms with E-state index in [1.807, 2.05) is 0 Å². The van der Waals surface area contributed by atoms with E-state index in [2.05, 4.69) is 0 Å². The zero-order valence-electron chi connectivity index (χ0n) is 9.11. The predicted octanol–water partition coefficient (Wildman–Crippen LogP) is 1.95. The van der Waals surface area contributed by atoms with E-state index in [-0.39, 0.29) is 30.0 Å². The van der Waals surface area contributed by atoms with Gasteiger partial charge < -0.3 is 0 Å². The van der Waals surface area contributed by atoms with Crippen molar-refractivity contribution in [3.63, 3.8) is 0 Å². The monoisotopic (exact) mass is 234 g/mol. The molecule has 0 aliphatic heterocycles. The summed E-state index contributed by atoms with van der Waals surface area (Å²) in [4.78, 5) is 35.1. The smallest absolute Gasteiger partial charge is 0.180 e. The lowest BCUT2D eigenvalue weighted by molar-refractivity contribution is -0.133. The van der Waals surface area contributed by atoms with Crippen molar-refractivity contribution in [2.75, 3.05) is 0 Å². The Morgan fingerprint density at radius 3 is 2.41 bits per heavy atom. The fourth-order valence-electron chi connectivity index (χ4n) is 2.01. The minimum absolute atomic E-state index is 0.0820. The van der Waals surface area contributed by atoms with Crippen molar-refractivity contribution < 1.29 is 18.8 Å². The molecule has 0 radical (unpaired) electrons. The first-order valence-corrected chi connectivity index (χ1v) is 5.45. The minimum atomic E-state index is -1.22. The summed E-state index contributed by atoms with van der Waals surface area (Å²) in [6.45, 7) is 0. The Bertz CT molecular complexity index is 477. The van der Waals surface area contributed by atoms with Gasteiger partial charge in [0.2, 0.25) is 0 Å². The second-order valence-electron chi connectivity index (χ2n) is 4.09. The van der Waals surface area contributed by atoms with Crippen LogP contribution in [0.25, 0.3) is 0 Å². The van der Waals surface area contributed by atoms with E-state index in [0.29, 0.717) is 6.42 Å². The number of rotatable bonds is 2. The van der Waals surface area contributed by atoms with Crippen LogP contribution in [-0.4, -0.2) is 17.3 Å². The third-order valence-electron chi connectivity index (χ3n) is 2.86. The van der Waals surface area contributed by atoms with Crippen LogP contribution in [0.3, 0.4) is 0 Å². The number of carbonyl (C=O) groups is 3. The average molecular weight is 234 g/mol. The van der Waals surface area contributed by atoms with Crippen molar-refractivity contribution in [3.8, 4) is 0 Å². The van der Waals surface area contributed by atoms with Crippen LogP contribution in [0.4, 0.5) is 4.39 Å². The zero-order valence-corrected chi connectivity index (χ0v) is 9.11. The van der Waals surface area contributed by atoms with E-state index in [0.717, 1.165) is 6.07 Å². The van der Waals surface area contributed by atoms with Gasteiger partial charge in [0, 0.05) is 18.4 Å². The average Bonchev–Trinajstić information content (AvgIpc) is 2.28. The topological polar surface area (TPSA) is 51.2 Å². The molecule has 0 spiro atoms. The van der Waals surface area contributed by atoms with Gasteiger partial charge in [0.25, 0.3) is 0 Å². The lowest BCUT2D eigenvalue weighted by Gasteiger charge is -2.18. The van der Waals surface area contributed by atoms with Crippen LogP contribution in [0.2, 0.25) is 0 Å². The number of ketones is 3. The summed E-state index contributed by atoms with van der Waals surface area (Å²) in [6, 6.07) is 5.07. The molecule has 3 nitrogen and oxygen atoms in total. The van der Waals surface area contributed by atoms with Crippen LogP contribution < -0.4 is 0 Å². The summed E-state index contributed by atoms with van der Waals surface area (Å²) in [5.41, 5.74) is 0.0820. The molecular weight excluding hydrogens is 223 g/mol. The normalized spacial score (nSPS) is 17.2. The predicted molar refractivity (Wildman–Crippen MR) is 58.1 cm³/mol. The molecule has 1 aromatic carbocycles. The van der Waals surface area contributed by atoms with Gasteiger partial charge in [-0.3, -0.25) is 14.4 Å². The van der Waals surface area contributed by atoms with Crippen molar-refractivity contribution in [1.29, 1.82) is 0 Å². The fraction of sp³-hybridized carbons (Fsp3) is 0.308. The molecule has 1 saturated carbocycles. The number of carbonyl (C=O) groups excluding carboxylic acids is 3. The highest BCUT2D eigenvalue weighted by molar-refractivity contribution is 6.25. The van der Waals surface area contributed by atoms with E-state index in [1.165, 1.54) is 18.2 Å². The van der Waals surface area contributed by atoms with Gasteiger partial charge in [-0.15, -0.1) is 0 Å². The van der Waals surface area contributed by atoms with Crippen LogP contribution in [0, 0.1) is 11.7 Å². The SMILES string of the molecule is O=C1CCCC(=O)C1C(=O)c1cccc(F)c1. The Hall–Kier alpha value is -1.84. The Labute approximate surface area is 97.6 Å². The second-order valence-corrected chi connectivity index (χ2v) is 4.09. The molecule has 1 fully saturated rings. The Balaban J connectivity index is 2.30. The highest BCUT2D eigenvalue weighted by Gasteiger charge is 2.36. The third kappa shape index (κ3) is 2.30. The molecule has 0 saturated heterocycles. The van der Waals surface area contributed by atoms with Gasteiger partial charge in [-0.2, -0.15) is 0 Å². The Morgan fingerprint density at radius 2 is 1.82 bits per heavy atom. The van der Waals surface area contributed by atoms with Crippen LogP contribution >= 0.6 is 0 Å². The van der Waals surface area contributed by atoms with Crippen LogP contribution in [0.15, 0.2) is 24.3 Å². The van der Waals surface area contributed by atoms with Gasteiger partial charge in [-0.25, -0.2) is 4.39 Å². The maximum absolute atomic E-state index is 13.0. The Kier molecular flexibility index (Phi) is 3.13. The lowest BCUT2D eigenvalue weighted by atomic mass is 9.82. The fourth-order valence-corrected chi connectivity index (χ4v) is 2.01. The van der Waals surface area contributed by atoms with Crippen LogP contribution in [-0.2, 0) is 9.59 Å². The van der Waals surface area contributed by atoms with Crippen LogP contribution in [0.5, 0.6) is 0 Å². The van der Waals surface area contributed by atoms with Gasteiger partial charge in [-0.05, 0) is 18.6 Å². The summed E-state index contributed by atoms with van der Waals surface area (Å²) in [5, 5.41) is 0. The van der Waals surface area contributed by atoms with E-state index >= 15 is 0 Å². The zero-order chi connectivity index (χ0) is 12.4. The molecule has 0 atom stereocenters. The van der Waals surface area contributed by atoms with E-state index in [1.54, 1.807) is 0 Å². The van der Waals surface area contributed by atoms with E-state index < -0.39 is 17.5 Å². The van der Waals surface area contributed by atoms with Gasteiger partial charge in [0.1, 0.15) is 11.7 Å². The molecule has 88 valence electrons.